The highest BCUT2D eigenvalue weighted by atomic mass is 16.5. The molecule has 1 heterocycles. The molecule has 3 unspecified atom stereocenters. The summed E-state index contributed by atoms with van der Waals surface area (Å²) in [5, 5.41) is 0. The van der Waals surface area contributed by atoms with Crippen molar-refractivity contribution in [2.45, 2.75) is 73.5 Å². The predicted molar refractivity (Wildman–Crippen MR) is 66.0 cm³/mol. The molecule has 1 rings (SSSR count). The first-order valence-electron chi connectivity index (χ1n) is 6.28. The van der Waals surface area contributed by atoms with E-state index in [1.54, 1.807) is 0 Å². The Morgan fingerprint density at radius 3 is 1.80 bits per heavy atom. The van der Waals surface area contributed by atoms with Crippen molar-refractivity contribution in [1.29, 1.82) is 0 Å². The first-order chi connectivity index (χ1) is 6.62. The summed E-state index contributed by atoms with van der Waals surface area (Å²) >= 11 is 0. The van der Waals surface area contributed by atoms with Gasteiger partial charge in [-0.25, -0.2) is 0 Å². The van der Waals surface area contributed by atoms with Gasteiger partial charge in [0.1, 0.15) is 0 Å². The van der Waals surface area contributed by atoms with Crippen LogP contribution >= 0.6 is 0 Å². The van der Waals surface area contributed by atoms with Crippen molar-refractivity contribution in [3.63, 3.8) is 0 Å². The lowest BCUT2D eigenvalue weighted by Gasteiger charge is -2.46. The van der Waals surface area contributed by atoms with Gasteiger partial charge in [-0.05, 0) is 29.6 Å². The van der Waals surface area contributed by atoms with Crippen LogP contribution in [0.25, 0.3) is 0 Å². The first-order valence-corrected chi connectivity index (χ1v) is 6.28. The third kappa shape index (κ3) is 3.21. The Kier molecular flexibility index (Phi) is 3.55. The van der Waals surface area contributed by atoms with Gasteiger partial charge in [-0.1, -0.05) is 48.5 Å². The fourth-order valence-electron chi connectivity index (χ4n) is 2.64. The molecule has 1 aliphatic rings. The topological polar surface area (TPSA) is 9.23 Å². The minimum Gasteiger partial charge on any atom is -0.374 e. The molecule has 0 radical (unpaired) electrons. The second-order valence-electron chi connectivity index (χ2n) is 7.33. The van der Waals surface area contributed by atoms with Gasteiger partial charge in [-0.3, -0.25) is 0 Å². The van der Waals surface area contributed by atoms with Crippen LogP contribution in [0.5, 0.6) is 0 Å². The molecule has 1 aliphatic heterocycles. The Labute approximate surface area is 95.6 Å². The Bertz CT molecular complexity index is 206. The van der Waals surface area contributed by atoms with Crippen LogP contribution < -0.4 is 0 Å². The van der Waals surface area contributed by atoms with E-state index in [1.807, 2.05) is 0 Å². The maximum absolute atomic E-state index is 6.33. The molecule has 15 heavy (non-hydrogen) atoms. The fraction of sp³-hybridized carbons (Fsp3) is 1.00. The van der Waals surface area contributed by atoms with Gasteiger partial charge >= 0.3 is 0 Å². The molecule has 3 atom stereocenters. The molecule has 1 fully saturated rings. The van der Waals surface area contributed by atoms with Crippen LogP contribution in [0.3, 0.4) is 0 Å². The first kappa shape index (κ1) is 13.0. The maximum Gasteiger partial charge on any atom is 0.0652 e. The molecule has 90 valence electrons. The molecular formula is C14H28O. The minimum absolute atomic E-state index is 0.267. The standard InChI is InChI=1S/C14H28O/c1-10-8-9-11(13(2,3)4)15-12(10)14(5,6)7/h10-12H,8-9H2,1-7H3. The zero-order valence-corrected chi connectivity index (χ0v) is 11.6. The van der Waals surface area contributed by atoms with Crippen LogP contribution in [0.2, 0.25) is 0 Å². The van der Waals surface area contributed by atoms with Crippen LogP contribution in [-0.2, 0) is 4.74 Å². The Morgan fingerprint density at radius 1 is 0.867 bits per heavy atom. The van der Waals surface area contributed by atoms with Gasteiger partial charge < -0.3 is 4.74 Å². The summed E-state index contributed by atoms with van der Waals surface area (Å²) in [6.07, 6.45) is 3.37. The average molecular weight is 212 g/mol. The Hall–Kier alpha value is -0.0400. The van der Waals surface area contributed by atoms with Gasteiger partial charge in [0.2, 0.25) is 0 Å². The van der Waals surface area contributed by atoms with E-state index >= 15 is 0 Å². The van der Waals surface area contributed by atoms with E-state index < -0.39 is 0 Å². The van der Waals surface area contributed by atoms with Gasteiger partial charge in [0, 0.05) is 0 Å². The zero-order valence-electron chi connectivity index (χ0n) is 11.6. The second-order valence-corrected chi connectivity index (χ2v) is 7.33. The summed E-state index contributed by atoms with van der Waals surface area (Å²) in [6, 6.07) is 0. The van der Waals surface area contributed by atoms with Crippen molar-refractivity contribution in [3.8, 4) is 0 Å². The second kappa shape index (κ2) is 4.08. The molecule has 1 heteroatoms. The normalized spacial score (nSPS) is 34.2. The average Bonchev–Trinajstić information content (AvgIpc) is 2.00. The lowest BCUT2D eigenvalue weighted by atomic mass is 9.75. The number of hydrogen-bond acceptors (Lipinski definition) is 1. The van der Waals surface area contributed by atoms with E-state index in [-0.39, 0.29) is 10.8 Å². The van der Waals surface area contributed by atoms with Gasteiger partial charge in [0.15, 0.2) is 0 Å². The summed E-state index contributed by atoms with van der Waals surface area (Å²) in [4.78, 5) is 0. The molecule has 0 N–H and O–H groups in total. The van der Waals surface area contributed by atoms with E-state index in [2.05, 4.69) is 48.5 Å². The lowest BCUT2D eigenvalue weighted by molar-refractivity contribution is -0.158. The van der Waals surface area contributed by atoms with E-state index in [9.17, 15) is 0 Å². The summed E-state index contributed by atoms with van der Waals surface area (Å²) in [7, 11) is 0. The van der Waals surface area contributed by atoms with E-state index in [0.717, 1.165) is 0 Å². The monoisotopic (exact) mass is 212 g/mol. The molecule has 0 aliphatic carbocycles. The van der Waals surface area contributed by atoms with E-state index in [1.165, 1.54) is 12.8 Å². The minimum atomic E-state index is 0.267. The van der Waals surface area contributed by atoms with Gasteiger partial charge in [0.05, 0.1) is 12.2 Å². The predicted octanol–water partition coefficient (Wildman–Crippen LogP) is 4.26. The van der Waals surface area contributed by atoms with Crippen molar-refractivity contribution < 1.29 is 4.74 Å². The highest BCUT2D eigenvalue weighted by molar-refractivity contribution is 4.88. The SMILES string of the molecule is CC1CCC(C(C)(C)C)OC1C(C)(C)C. The van der Waals surface area contributed by atoms with Crippen LogP contribution in [0.1, 0.15) is 61.3 Å². The van der Waals surface area contributed by atoms with Crippen LogP contribution in [0.4, 0.5) is 0 Å². The molecule has 1 nitrogen and oxygen atoms in total. The fourth-order valence-corrected chi connectivity index (χ4v) is 2.64. The summed E-state index contributed by atoms with van der Waals surface area (Å²) < 4.78 is 6.33. The van der Waals surface area contributed by atoms with E-state index in [0.29, 0.717) is 18.1 Å². The zero-order chi connectivity index (χ0) is 11.9. The van der Waals surface area contributed by atoms with Gasteiger partial charge in [-0.15, -0.1) is 0 Å². The highest BCUT2D eigenvalue weighted by Gasteiger charge is 2.39. The third-order valence-corrected chi connectivity index (χ3v) is 3.53. The Balaban J connectivity index is 2.73. The molecular weight excluding hydrogens is 184 g/mol. The van der Waals surface area contributed by atoms with Crippen molar-refractivity contribution in [2.24, 2.45) is 16.7 Å². The van der Waals surface area contributed by atoms with E-state index in [4.69, 9.17) is 4.74 Å². The summed E-state index contributed by atoms with van der Waals surface area (Å²) in [5.74, 6) is 0.698. The van der Waals surface area contributed by atoms with Gasteiger partial charge in [0.25, 0.3) is 0 Å². The molecule has 0 spiro atoms. The van der Waals surface area contributed by atoms with Crippen molar-refractivity contribution in [3.05, 3.63) is 0 Å². The number of rotatable bonds is 0. The largest absolute Gasteiger partial charge is 0.374 e. The maximum atomic E-state index is 6.33. The molecule has 0 aromatic heterocycles. The lowest BCUT2D eigenvalue weighted by Crippen LogP contribution is -2.46. The van der Waals surface area contributed by atoms with Gasteiger partial charge in [-0.2, -0.15) is 0 Å². The molecule has 1 saturated heterocycles. The van der Waals surface area contributed by atoms with Crippen molar-refractivity contribution in [1.82, 2.24) is 0 Å². The number of ether oxygens (including phenoxy) is 1. The van der Waals surface area contributed by atoms with Crippen LogP contribution in [-0.4, -0.2) is 12.2 Å². The summed E-state index contributed by atoms with van der Waals surface area (Å²) in [6.45, 7) is 16.1. The van der Waals surface area contributed by atoms with Crippen molar-refractivity contribution >= 4 is 0 Å². The smallest absolute Gasteiger partial charge is 0.0652 e. The quantitative estimate of drug-likeness (QED) is 0.583. The summed E-state index contributed by atoms with van der Waals surface area (Å²) in [5.41, 5.74) is 0.549. The Morgan fingerprint density at radius 2 is 1.40 bits per heavy atom. The molecule has 0 amide bonds. The van der Waals surface area contributed by atoms with Crippen molar-refractivity contribution in [2.75, 3.05) is 0 Å². The van der Waals surface area contributed by atoms with Crippen LogP contribution in [0.15, 0.2) is 0 Å². The molecule has 0 bridgehead atoms. The molecule has 0 aromatic carbocycles. The van der Waals surface area contributed by atoms with Crippen LogP contribution in [0, 0.1) is 16.7 Å². The molecule has 0 saturated carbocycles. The molecule has 0 aromatic rings. The highest BCUT2D eigenvalue weighted by Crippen LogP contribution is 2.40. The number of hydrogen-bond donors (Lipinski definition) is 0. The third-order valence-electron chi connectivity index (χ3n) is 3.53.